The Kier molecular flexibility index (Phi) is 3.48. The van der Waals surface area contributed by atoms with Crippen LogP contribution in [0, 0.1) is 10.1 Å². The molecule has 1 unspecified atom stereocenters. The third kappa shape index (κ3) is 2.29. The Labute approximate surface area is 144 Å². The van der Waals surface area contributed by atoms with E-state index in [4.69, 9.17) is 0 Å². The van der Waals surface area contributed by atoms with E-state index in [0.29, 0.717) is 12.0 Å². The smallest absolute Gasteiger partial charge is 0.289 e. The average molecular weight is 358 g/mol. The summed E-state index contributed by atoms with van der Waals surface area (Å²) in [4.78, 5) is 22.5. The van der Waals surface area contributed by atoms with Gasteiger partial charge < -0.3 is 0 Å². The van der Waals surface area contributed by atoms with Gasteiger partial charge in [0.15, 0.2) is 10.7 Å². The highest BCUT2D eigenvalue weighted by Crippen LogP contribution is 2.44. The third-order valence-electron chi connectivity index (χ3n) is 4.81. The number of sulfonamides is 1. The van der Waals surface area contributed by atoms with Gasteiger partial charge >= 0.3 is 0 Å². The normalized spacial score (nSPS) is 19.7. The minimum atomic E-state index is -4.09. The van der Waals surface area contributed by atoms with E-state index in [1.807, 2.05) is 6.07 Å². The number of nitro groups is 1. The van der Waals surface area contributed by atoms with E-state index < -0.39 is 26.7 Å². The lowest BCUT2D eigenvalue weighted by atomic mass is 9.95. The molecule has 25 heavy (non-hydrogen) atoms. The Morgan fingerprint density at radius 1 is 1.12 bits per heavy atom. The van der Waals surface area contributed by atoms with Gasteiger partial charge in [0.05, 0.1) is 11.0 Å². The quantitative estimate of drug-likeness (QED) is 0.620. The first kappa shape index (κ1) is 15.9. The van der Waals surface area contributed by atoms with Gasteiger partial charge in [-0.25, -0.2) is 8.42 Å². The lowest BCUT2D eigenvalue weighted by molar-refractivity contribution is -0.387. The standard InChI is InChI=1S/C17H14N2O5S/c20-15-10-14-17-11(4-3-5-12(15)17)8-9-18(14)25(23,24)16-7-2-1-6-13(16)19(21)22/h1-7,14H,8-10H2. The molecule has 0 amide bonds. The number of carbonyl (C=O) groups is 1. The van der Waals surface area contributed by atoms with Gasteiger partial charge in [0.1, 0.15) is 0 Å². The van der Waals surface area contributed by atoms with Gasteiger partial charge in [0.25, 0.3) is 5.69 Å². The first-order valence-corrected chi connectivity index (χ1v) is 9.25. The van der Waals surface area contributed by atoms with Crippen molar-refractivity contribution >= 4 is 21.5 Å². The van der Waals surface area contributed by atoms with Crippen LogP contribution in [0.25, 0.3) is 0 Å². The fourth-order valence-electron chi connectivity index (χ4n) is 3.73. The zero-order chi connectivity index (χ0) is 17.8. The molecule has 1 atom stereocenters. The van der Waals surface area contributed by atoms with Gasteiger partial charge in [-0.05, 0) is 23.6 Å². The molecule has 0 radical (unpaired) electrons. The SMILES string of the molecule is O=C1CC2c3c(cccc31)CCN2S(=O)(=O)c1ccccc1[N+](=O)[O-]. The van der Waals surface area contributed by atoms with Crippen LogP contribution < -0.4 is 0 Å². The number of rotatable bonds is 3. The molecule has 0 N–H and O–H groups in total. The highest BCUT2D eigenvalue weighted by molar-refractivity contribution is 7.89. The fourth-order valence-corrected chi connectivity index (χ4v) is 5.48. The summed E-state index contributed by atoms with van der Waals surface area (Å²) in [6.45, 7) is 0.197. The number of para-hydroxylation sites is 1. The summed E-state index contributed by atoms with van der Waals surface area (Å²) in [5.74, 6) is -0.0912. The summed E-state index contributed by atoms with van der Waals surface area (Å²) >= 11 is 0. The summed E-state index contributed by atoms with van der Waals surface area (Å²) in [5.41, 5.74) is 1.83. The van der Waals surface area contributed by atoms with E-state index in [2.05, 4.69) is 0 Å². The highest BCUT2D eigenvalue weighted by Gasteiger charge is 2.44. The first-order chi connectivity index (χ1) is 11.9. The van der Waals surface area contributed by atoms with Crippen LogP contribution in [-0.4, -0.2) is 30.0 Å². The van der Waals surface area contributed by atoms with Crippen molar-refractivity contribution in [1.29, 1.82) is 0 Å². The Balaban J connectivity index is 1.85. The molecule has 0 fully saturated rings. The molecule has 0 saturated heterocycles. The van der Waals surface area contributed by atoms with Crippen LogP contribution in [0.1, 0.15) is 33.9 Å². The molecule has 1 aliphatic carbocycles. The van der Waals surface area contributed by atoms with Crippen molar-refractivity contribution in [2.45, 2.75) is 23.8 Å². The maximum Gasteiger partial charge on any atom is 0.289 e. The van der Waals surface area contributed by atoms with Gasteiger partial charge in [-0.1, -0.05) is 30.3 Å². The minimum absolute atomic E-state index is 0.0756. The molecule has 1 aliphatic heterocycles. The monoisotopic (exact) mass is 358 g/mol. The predicted molar refractivity (Wildman–Crippen MR) is 88.8 cm³/mol. The molecule has 2 aromatic carbocycles. The van der Waals surface area contributed by atoms with Gasteiger partial charge in [0, 0.05) is 24.6 Å². The van der Waals surface area contributed by atoms with Gasteiger partial charge in [0.2, 0.25) is 10.0 Å². The predicted octanol–water partition coefficient (Wildman–Crippen LogP) is 2.47. The number of Topliss-reactive ketones (excluding diaryl/α,β-unsaturated/α-hetero) is 1. The van der Waals surface area contributed by atoms with Crippen molar-refractivity contribution in [2.75, 3.05) is 6.54 Å². The number of hydrogen-bond donors (Lipinski definition) is 0. The molecule has 0 spiro atoms. The number of nitrogens with zero attached hydrogens (tertiary/aromatic N) is 2. The van der Waals surface area contributed by atoms with Crippen LogP contribution in [0.3, 0.4) is 0 Å². The van der Waals surface area contributed by atoms with Crippen LogP contribution in [0.5, 0.6) is 0 Å². The molecule has 0 aromatic heterocycles. The van der Waals surface area contributed by atoms with E-state index >= 15 is 0 Å². The van der Waals surface area contributed by atoms with E-state index in [1.165, 1.54) is 28.6 Å². The minimum Gasteiger partial charge on any atom is -0.294 e. The zero-order valence-electron chi connectivity index (χ0n) is 13.1. The van der Waals surface area contributed by atoms with Crippen LogP contribution in [0.2, 0.25) is 0 Å². The molecule has 2 aromatic rings. The van der Waals surface area contributed by atoms with Crippen molar-refractivity contribution in [3.8, 4) is 0 Å². The lowest BCUT2D eigenvalue weighted by Crippen LogP contribution is -2.39. The maximum atomic E-state index is 13.1. The molecule has 128 valence electrons. The number of nitro benzene ring substituents is 1. The molecule has 7 nitrogen and oxygen atoms in total. The van der Waals surface area contributed by atoms with E-state index in [-0.39, 0.29) is 23.6 Å². The molecular formula is C17H14N2O5S. The van der Waals surface area contributed by atoms with Crippen LogP contribution >= 0.6 is 0 Å². The summed E-state index contributed by atoms with van der Waals surface area (Å²) in [6, 6.07) is 10.1. The lowest BCUT2D eigenvalue weighted by Gasteiger charge is -2.33. The molecule has 8 heteroatoms. The largest absolute Gasteiger partial charge is 0.294 e. The van der Waals surface area contributed by atoms with Crippen LogP contribution in [0.4, 0.5) is 5.69 Å². The van der Waals surface area contributed by atoms with Crippen molar-refractivity contribution in [3.05, 3.63) is 69.3 Å². The van der Waals surface area contributed by atoms with E-state index in [1.54, 1.807) is 12.1 Å². The zero-order valence-corrected chi connectivity index (χ0v) is 13.9. The number of benzene rings is 2. The second kappa shape index (κ2) is 5.47. The molecule has 0 saturated carbocycles. The highest BCUT2D eigenvalue weighted by atomic mass is 32.2. The van der Waals surface area contributed by atoms with Crippen molar-refractivity contribution < 1.29 is 18.1 Å². The summed E-state index contributed by atoms with van der Waals surface area (Å²) < 4.78 is 27.5. The number of hydrogen-bond acceptors (Lipinski definition) is 5. The Hall–Kier alpha value is -2.58. The van der Waals surface area contributed by atoms with Gasteiger partial charge in [-0.3, -0.25) is 14.9 Å². The molecule has 0 bridgehead atoms. The van der Waals surface area contributed by atoms with Crippen molar-refractivity contribution in [2.24, 2.45) is 0 Å². The van der Waals surface area contributed by atoms with Crippen molar-refractivity contribution in [3.63, 3.8) is 0 Å². The van der Waals surface area contributed by atoms with Gasteiger partial charge in [-0.15, -0.1) is 0 Å². The Bertz CT molecular complexity index is 1020. The fraction of sp³-hybridized carbons (Fsp3) is 0.235. The number of carbonyl (C=O) groups excluding carboxylic acids is 1. The number of ketones is 1. The summed E-state index contributed by atoms with van der Waals surface area (Å²) in [7, 11) is -4.09. The van der Waals surface area contributed by atoms with Gasteiger partial charge in [-0.2, -0.15) is 4.31 Å². The Morgan fingerprint density at radius 2 is 1.88 bits per heavy atom. The maximum absolute atomic E-state index is 13.1. The second-order valence-corrected chi connectivity index (χ2v) is 7.97. The molecule has 1 heterocycles. The topological polar surface area (TPSA) is 97.6 Å². The second-order valence-electron chi connectivity index (χ2n) is 6.11. The third-order valence-corrected chi connectivity index (χ3v) is 6.76. The summed E-state index contributed by atoms with van der Waals surface area (Å²) in [5, 5.41) is 11.2. The van der Waals surface area contributed by atoms with Crippen LogP contribution in [0.15, 0.2) is 47.4 Å². The summed E-state index contributed by atoms with van der Waals surface area (Å²) in [6.07, 6.45) is 0.555. The van der Waals surface area contributed by atoms with E-state index in [0.717, 1.165) is 11.1 Å². The molecule has 2 aliphatic rings. The van der Waals surface area contributed by atoms with E-state index in [9.17, 15) is 23.3 Å². The average Bonchev–Trinajstić information content (AvgIpc) is 2.93. The first-order valence-electron chi connectivity index (χ1n) is 7.81. The molecular weight excluding hydrogens is 344 g/mol. The molecule has 4 rings (SSSR count). The van der Waals surface area contributed by atoms with Crippen molar-refractivity contribution in [1.82, 2.24) is 4.31 Å². The van der Waals surface area contributed by atoms with Crippen LogP contribution in [-0.2, 0) is 16.4 Å². The Morgan fingerprint density at radius 3 is 2.64 bits per heavy atom.